The average Bonchev–Trinajstić information content (AvgIpc) is 2.67. The van der Waals surface area contributed by atoms with E-state index in [-0.39, 0.29) is 5.97 Å². The Morgan fingerprint density at radius 1 is 1.50 bits per heavy atom. The molecular weight excluding hydrogens is 274 g/mol. The Morgan fingerprint density at radius 3 is 2.83 bits per heavy atom. The number of nitrogens with one attached hydrogen (secondary N) is 1. The lowest BCUT2D eigenvalue weighted by molar-refractivity contribution is 0.0531. The van der Waals surface area contributed by atoms with E-state index in [1.807, 2.05) is 6.92 Å². The van der Waals surface area contributed by atoms with Gasteiger partial charge in [0.25, 0.3) is 0 Å². The second-order valence-electron chi connectivity index (χ2n) is 3.54. The zero-order valence-corrected chi connectivity index (χ0v) is 11.8. The van der Waals surface area contributed by atoms with Gasteiger partial charge in [0.2, 0.25) is 5.95 Å². The molecule has 0 saturated carbocycles. The van der Waals surface area contributed by atoms with Gasteiger partial charge in [-0.1, -0.05) is 11.6 Å². The molecule has 0 aromatic carbocycles. The van der Waals surface area contributed by atoms with Gasteiger partial charge < -0.3 is 10.1 Å². The van der Waals surface area contributed by atoms with Crippen molar-refractivity contribution in [2.75, 3.05) is 19.0 Å². The van der Waals surface area contributed by atoms with E-state index in [0.29, 0.717) is 32.8 Å². The number of fused-ring (bicyclic) bond motifs is 1. The van der Waals surface area contributed by atoms with Crippen LogP contribution in [0.5, 0.6) is 0 Å². The number of hydrogen-bond donors (Lipinski definition) is 1. The van der Waals surface area contributed by atoms with E-state index in [9.17, 15) is 4.79 Å². The summed E-state index contributed by atoms with van der Waals surface area (Å²) in [7, 11) is 1.71. The van der Waals surface area contributed by atoms with Crippen LogP contribution in [0.2, 0.25) is 5.15 Å². The molecule has 0 bridgehead atoms. The standard InChI is InChI=1S/C11H12ClN3O2S/c1-4-17-10(16)7-5(2)6-8(12)14-11(13-3)15-9(6)18-7/h4H2,1-3H3,(H,13,14,15). The number of ether oxygens (including phenoxy) is 1. The van der Waals surface area contributed by atoms with Crippen LogP contribution in [-0.4, -0.2) is 29.6 Å². The molecule has 0 aliphatic carbocycles. The summed E-state index contributed by atoms with van der Waals surface area (Å²) in [6.07, 6.45) is 0. The number of esters is 1. The highest BCUT2D eigenvalue weighted by molar-refractivity contribution is 7.20. The van der Waals surface area contributed by atoms with Gasteiger partial charge in [-0.05, 0) is 19.4 Å². The first-order valence-corrected chi connectivity index (χ1v) is 6.59. The summed E-state index contributed by atoms with van der Waals surface area (Å²) in [5.74, 6) is 0.0873. The lowest BCUT2D eigenvalue weighted by Gasteiger charge is -2.00. The molecule has 5 nitrogen and oxygen atoms in total. The maximum absolute atomic E-state index is 11.8. The minimum Gasteiger partial charge on any atom is -0.462 e. The fourth-order valence-electron chi connectivity index (χ4n) is 1.59. The molecule has 2 aromatic rings. The summed E-state index contributed by atoms with van der Waals surface area (Å²) in [4.78, 5) is 21.4. The van der Waals surface area contributed by atoms with Crippen molar-refractivity contribution in [3.8, 4) is 0 Å². The van der Waals surface area contributed by atoms with Crippen LogP contribution in [-0.2, 0) is 4.74 Å². The van der Waals surface area contributed by atoms with Crippen molar-refractivity contribution in [3.63, 3.8) is 0 Å². The third-order valence-electron chi connectivity index (χ3n) is 2.43. The fraction of sp³-hybridized carbons (Fsp3) is 0.364. The molecule has 0 aliphatic heterocycles. The van der Waals surface area contributed by atoms with Crippen LogP contribution in [0, 0.1) is 6.92 Å². The summed E-state index contributed by atoms with van der Waals surface area (Å²) in [6.45, 7) is 3.93. The molecule has 0 unspecified atom stereocenters. The maximum Gasteiger partial charge on any atom is 0.348 e. The summed E-state index contributed by atoms with van der Waals surface area (Å²) >= 11 is 7.37. The Kier molecular flexibility index (Phi) is 3.68. The van der Waals surface area contributed by atoms with Crippen LogP contribution < -0.4 is 5.32 Å². The van der Waals surface area contributed by atoms with Crippen LogP contribution in [0.4, 0.5) is 5.95 Å². The molecule has 7 heteroatoms. The predicted octanol–water partition coefficient (Wildman–Crippen LogP) is 2.87. The van der Waals surface area contributed by atoms with Gasteiger partial charge >= 0.3 is 5.97 Å². The number of halogens is 1. The molecule has 0 spiro atoms. The largest absolute Gasteiger partial charge is 0.462 e. The molecular formula is C11H12ClN3O2S. The highest BCUT2D eigenvalue weighted by Crippen LogP contribution is 2.34. The monoisotopic (exact) mass is 285 g/mol. The SMILES string of the molecule is CCOC(=O)c1sc2nc(NC)nc(Cl)c2c1C. The number of carbonyl (C=O) groups excluding carboxylic acids is 1. The summed E-state index contributed by atoms with van der Waals surface area (Å²) in [5, 5.41) is 3.88. The first-order chi connectivity index (χ1) is 8.58. The number of hydrogen-bond acceptors (Lipinski definition) is 6. The third kappa shape index (κ3) is 2.13. The molecule has 2 rings (SSSR count). The van der Waals surface area contributed by atoms with Crippen LogP contribution in [0.25, 0.3) is 10.2 Å². The van der Waals surface area contributed by atoms with E-state index in [0.717, 1.165) is 5.56 Å². The highest BCUT2D eigenvalue weighted by Gasteiger charge is 2.20. The zero-order valence-electron chi connectivity index (χ0n) is 10.2. The van der Waals surface area contributed by atoms with Crippen molar-refractivity contribution in [3.05, 3.63) is 15.6 Å². The maximum atomic E-state index is 11.8. The quantitative estimate of drug-likeness (QED) is 0.694. The number of anilines is 1. The molecule has 0 fully saturated rings. The third-order valence-corrected chi connectivity index (χ3v) is 3.87. The van der Waals surface area contributed by atoms with Crippen molar-refractivity contribution in [1.29, 1.82) is 0 Å². The topological polar surface area (TPSA) is 64.1 Å². The van der Waals surface area contributed by atoms with Crippen LogP contribution >= 0.6 is 22.9 Å². The van der Waals surface area contributed by atoms with E-state index in [1.165, 1.54) is 11.3 Å². The first-order valence-electron chi connectivity index (χ1n) is 5.40. The molecule has 18 heavy (non-hydrogen) atoms. The van der Waals surface area contributed by atoms with E-state index < -0.39 is 0 Å². The number of carbonyl (C=O) groups is 1. The van der Waals surface area contributed by atoms with Crippen molar-refractivity contribution >= 4 is 45.1 Å². The lowest BCUT2D eigenvalue weighted by Crippen LogP contribution is -2.03. The summed E-state index contributed by atoms with van der Waals surface area (Å²) < 4.78 is 5.00. The molecule has 2 heterocycles. The number of aryl methyl sites for hydroxylation is 1. The zero-order chi connectivity index (χ0) is 13.3. The Morgan fingerprint density at radius 2 is 2.22 bits per heavy atom. The van der Waals surface area contributed by atoms with Crippen LogP contribution in [0.3, 0.4) is 0 Å². The Balaban J connectivity index is 2.62. The Labute approximate surface area is 113 Å². The number of nitrogens with zero attached hydrogens (tertiary/aromatic N) is 2. The number of aromatic nitrogens is 2. The van der Waals surface area contributed by atoms with Crippen LogP contribution in [0.1, 0.15) is 22.2 Å². The number of rotatable bonds is 3. The average molecular weight is 286 g/mol. The van der Waals surface area contributed by atoms with Gasteiger partial charge in [0.1, 0.15) is 14.9 Å². The van der Waals surface area contributed by atoms with Crippen molar-refractivity contribution in [1.82, 2.24) is 9.97 Å². The molecule has 2 aromatic heterocycles. The first kappa shape index (κ1) is 13.0. The van der Waals surface area contributed by atoms with E-state index in [2.05, 4.69) is 15.3 Å². The van der Waals surface area contributed by atoms with E-state index >= 15 is 0 Å². The Hall–Kier alpha value is -1.40. The predicted molar refractivity (Wildman–Crippen MR) is 72.7 cm³/mol. The second-order valence-corrected chi connectivity index (χ2v) is 4.90. The minimum atomic E-state index is -0.347. The molecule has 0 radical (unpaired) electrons. The number of thiophene rings is 1. The smallest absolute Gasteiger partial charge is 0.348 e. The normalized spacial score (nSPS) is 10.7. The Bertz CT molecular complexity index is 612. The van der Waals surface area contributed by atoms with E-state index in [1.54, 1.807) is 14.0 Å². The second kappa shape index (κ2) is 5.07. The van der Waals surface area contributed by atoms with Crippen LogP contribution in [0.15, 0.2) is 0 Å². The van der Waals surface area contributed by atoms with Gasteiger partial charge in [-0.3, -0.25) is 0 Å². The molecule has 0 aliphatic rings. The molecule has 0 saturated heterocycles. The minimum absolute atomic E-state index is 0.341. The van der Waals surface area contributed by atoms with Crippen molar-refractivity contribution < 1.29 is 9.53 Å². The highest BCUT2D eigenvalue weighted by atomic mass is 35.5. The lowest BCUT2D eigenvalue weighted by atomic mass is 10.2. The summed E-state index contributed by atoms with van der Waals surface area (Å²) in [5.41, 5.74) is 0.765. The van der Waals surface area contributed by atoms with Gasteiger partial charge in [-0.15, -0.1) is 11.3 Å². The van der Waals surface area contributed by atoms with Gasteiger partial charge in [0.05, 0.1) is 12.0 Å². The summed E-state index contributed by atoms with van der Waals surface area (Å²) in [6, 6.07) is 0. The fourth-order valence-corrected chi connectivity index (χ4v) is 3.04. The molecule has 1 N–H and O–H groups in total. The molecule has 0 amide bonds. The molecule has 0 atom stereocenters. The van der Waals surface area contributed by atoms with Crippen molar-refractivity contribution in [2.45, 2.75) is 13.8 Å². The van der Waals surface area contributed by atoms with Gasteiger partial charge in [-0.25, -0.2) is 14.8 Å². The van der Waals surface area contributed by atoms with Gasteiger partial charge in [-0.2, -0.15) is 0 Å². The van der Waals surface area contributed by atoms with Crippen molar-refractivity contribution in [2.24, 2.45) is 0 Å². The molecule has 96 valence electrons. The van der Waals surface area contributed by atoms with Gasteiger partial charge in [0, 0.05) is 7.05 Å². The van der Waals surface area contributed by atoms with E-state index in [4.69, 9.17) is 16.3 Å². The van der Waals surface area contributed by atoms with Gasteiger partial charge in [0.15, 0.2) is 0 Å².